The van der Waals surface area contributed by atoms with Crippen LogP contribution < -0.4 is 10.6 Å². The summed E-state index contributed by atoms with van der Waals surface area (Å²) in [6, 6.07) is 0.654. The molecule has 3 heteroatoms. The zero-order valence-corrected chi connectivity index (χ0v) is 12.6. The van der Waals surface area contributed by atoms with E-state index in [9.17, 15) is 4.79 Å². The predicted octanol–water partition coefficient (Wildman–Crippen LogP) is 2.17. The van der Waals surface area contributed by atoms with Crippen molar-refractivity contribution in [1.82, 2.24) is 10.6 Å². The first kappa shape index (κ1) is 13.9. The molecule has 2 aliphatic rings. The Kier molecular flexibility index (Phi) is 3.25. The minimum absolute atomic E-state index is 0.131. The van der Waals surface area contributed by atoms with Gasteiger partial charge >= 0.3 is 0 Å². The Morgan fingerprint density at radius 3 is 2.17 bits per heavy atom. The van der Waals surface area contributed by atoms with Gasteiger partial charge in [0, 0.05) is 18.0 Å². The summed E-state index contributed by atoms with van der Waals surface area (Å²) < 4.78 is 0. The number of carbonyl (C=O) groups is 1. The molecule has 1 heterocycles. The van der Waals surface area contributed by atoms with Crippen LogP contribution in [0, 0.1) is 22.7 Å². The van der Waals surface area contributed by atoms with Gasteiger partial charge in [0.1, 0.15) is 0 Å². The summed E-state index contributed by atoms with van der Waals surface area (Å²) >= 11 is 0. The lowest BCUT2D eigenvalue weighted by molar-refractivity contribution is -0.125. The number of hydrogen-bond donors (Lipinski definition) is 2. The summed E-state index contributed by atoms with van der Waals surface area (Å²) in [6.45, 7) is 14.3. The fraction of sp³-hybridized carbons (Fsp3) is 0.933. The van der Waals surface area contributed by atoms with Gasteiger partial charge in [0.05, 0.1) is 0 Å². The van der Waals surface area contributed by atoms with Crippen LogP contribution in [0.15, 0.2) is 0 Å². The molecular weight excluding hydrogens is 224 g/mol. The summed E-state index contributed by atoms with van der Waals surface area (Å²) in [6.07, 6.45) is 1.15. The van der Waals surface area contributed by atoms with Crippen LogP contribution in [0.3, 0.4) is 0 Å². The maximum atomic E-state index is 12.5. The highest BCUT2D eigenvalue weighted by atomic mass is 16.2. The second kappa shape index (κ2) is 4.22. The number of hydrogen-bond acceptors (Lipinski definition) is 2. The maximum Gasteiger partial charge on any atom is 0.224 e. The molecule has 2 N–H and O–H groups in total. The second-order valence-electron chi connectivity index (χ2n) is 7.42. The van der Waals surface area contributed by atoms with E-state index in [1.54, 1.807) is 0 Å². The van der Waals surface area contributed by atoms with Gasteiger partial charge in [-0.05, 0) is 36.6 Å². The standard InChI is InChI=1S/C15H28N2O/c1-9-7-8-16-10(2)11(9)17-13(18)12-14(3,4)15(12,5)6/h9-12,16H,7-8H2,1-6H3,(H,17,18). The second-order valence-corrected chi connectivity index (χ2v) is 7.42. The Morgan fingerprint density at radius 1 is 1.17 bits per heavy atom. The molecule has 1 aliphatic carbocycles. The van der Waals surface area contributed by atoms with E-state index in [0.717, 1.165) is 13.0 Å². The zero-order valence-electron chi connectivity index (χ0n) is 12.6. The van der Waals surface area contributed by atoms with E-state index in [1.165, 1.54) is 0 Å². The Hall–Kier alpha value is -0.570. The van der Waals surface area contributed by atoms with E-state index in [-0.39, 0.29) is 28.7 Å². The van der Waals surface area contributed by atoms with E-state index in [4.69, 9.17) is 0 Å². The molecular formula is C15H28N2O. The highest BCUT2D eigenvalue weighted by molar-refractivity contribution is 5.84. The monoisotopic (exact) mass is 252 g/mol. The van der Waals surface area contributed by atoms with Gasteiger partial charge in [-0.3, -0.25) is 4.79 Å². The topological polar surface area (TPSA) is 41.1 Å². The molecule has 0 aromatic rings. The van der Waals surface area contributed by atoms with Crippen molar-refractivity contribution in [2.75, 3.05) is 6.54 Å². The summed E-state index contributed by atoms with van der Waals surface area (Å²) in [5.41, 5.74) is 0.261. The Morgan fingerprint density at radius 2 is 1.72 bits per heavy atom. The van der Waals surface area contributed by atoms with E-state index < -0.39 is 0 Å². The first-order valence-electron chi connectivity index (χ1n) is 7.23. The van der Waals surface area contributed by atoms with Gasteiger partial charge in [0.25, 0.3) is 0 Å². The summed E-state index contributed by atoms with van der Waals surface area (Å²) in [5, 5.41) is 6.74. The minimum Gasteiger partial charge on any atom is -0.351 e. The number of rotatable bonds is 2. The quantitative estimate of drug-likeness (QED) is 0.791. The highest BCUT2D eigenvalue weighted by Crippen LogP contribution is 2.68. The van der Waals surface area contributed by atoms with Crippen molar-refractivity contribution in [3.63, 3.8) is 0 Å². The first-order valence-corrected chi connectivity index (χ1v) is 7.23. The van der Waals surface area contributed by atoms with Gasteiger partial charge in [-0.2, -0.15) is 0 Å². The SMILES string of the molecule is CC1CCNC(C)C1NC(=O)C1C(C)(C)C1(C)C. The van der Waals surface area contributed by atoms with E-state index >= 15 is 0 Å². The van der Waals surface area contributed by atoms with Crippen LogP contribution in [0.4, 0.5) is 0 Å². The molecule has 1 aliphatic heterocycles. The van der Waals surface area contributed by atoms with Crippen molar-refractivity contribution in [3.8, 4) is 0 Å². The Bertz CT molecular complexity index is 324. The van der Waals surface area contributed by atoms with E-state index in [0.29, 0.717) is 12.0 Å². The normalized spacial score (nSPS) is 38.2. The lowest BCUT2D eigenvalue weighted by atomic mass is 9.89. The average molecular weight is 252 g/mol. The molecule has 18 heavy (non-hydrogen) atoms. The van der Waals surface area contributed by atoms with Crippen molar-refractivity contribution < 1.29 is 4.79 Å². The molecule has 2 fully saturated rings. The number of carbonyl (C=O) groups excluding carboxylic acids is 1. The molecule has 0 aromatic heterocycles. The van der Waals surface area contributed by atoms with Crippen molar-refractivity contribution >= 4 is 5.91 Å². The molecule has 0 aromatic carbocycles. The van der Waals surface area contributed by atoms with Crippen LogP contribution in [0.2, 0.25) is 0 Å². The Labute approximate surface area is 111 Å². The van der Waals surface area contributed by atoms with Gasteiger partial charge in [-0.15, -0.1) is 0 Å². The zero-order chi connectivity index (χ0) is 13.7. The molecule has 2 rings (SSSR count). The van der Waals surface area contributed by atoms with Gasteiger partial charge in [0.2, 0.25) is 5.91 Å². The number of nitrogens with one attached hydrogen (secondary N) is 2. The molecule has 3 atom stereocenters. The number of piperidine rings is 1. The maximum absolute atomic E-state index is 12.5. The molecule has 1 saturated carbocycles. The van der Waals surface area contributed by atoms with Gasteiger partial charge in [-0.25, -0.2) is 0 Å². The van der Waals surface area contributed by atoms with E-state index in [1.807, 2.05) is 0 Å². The summed E-state index contributed by atoms with van der Waals surface area (Å²) in [4.78, 5) is 12.5. The highest BCUT2D eigenvalue weighted by Gasteiger charge is 2.68. The summed E-state index contributed by atoms with van der Waals surface area (Å²) in [5.74, 6) is 0.971. The molecule has 0 spiro atoms. The third-order valence-electron chi connectivity index (χ3n) is 5.81. The summed E-state index contributed by atoms with van der Waals surface area (Å²) in [7, 11) is 0. The lowest BCUT2D eigenvalue weighted by Gasteiger charge is -2.36. The minimum atomic E-state index is 0.131. The predicted molar refractivity (Wildman–Crippen MR) is 74.2 cm³/mol. The van der Waals surface area contributed by atoms with E-state index in [2.05, 4.69) is 52.2 Å². The number of amides is 1. The van der Waals surface area contributed by atoms with Crippen LogP contribution in [0.25, 0.3) is 0 Å². The first-order chi connectivity index (χ1) is 8.19. The molecule has 1 amide bonds. The molecule has 1 saturated heterocycles. The van der Waals surface area contributed by atoms with Crippen molar-refractivity contribution in [1.29, 1.82) is 0 Å². The van der Waals surface area contributed by atoms with Crippen LogP contribution >= 0.6 is 0 Å². The average Bonchev–Trinajstić information content (AvgIpc) is 2.63. The van der Waals surface area contributed by atoms with Crippen LogP contribution in [0.5, 0.6) is 0 Å². The third kappa shape index (κ3) is 1.97. The molecule has 3 unspecified atom stereocenters. The molecule has 0 bridgehead atoms. The van der Waals surface area contributed by atoms with Crippen LogP contribution in [-0.4, -0.2) is 24.5 Å². The van der Waals surface area contributed by atoms with Gasteiger partial charge in [0.15, 0.2) is 0 Å². The van der Waals surface area contributed by atoms with Gasteiger partial charge < -0.3 is 10.6 Å². The van der Waals surface area contributed by atoms with Crippen molar-refractivity contribution in [3.05, 3.63) is 0 Å². The Balaban J connectivity index is 2.00. The molecule has 104 valence electrons. The van der Waals surface area contributed by atoms with Crippen molar-refractivity contribution in [2.24, 2.45) is 22.7 Å². The fourth-order valence-electron chi connectivity index (χ4n) is 3.70. The smallest absolute Gasteiger partial charge is 0.224 e. The molecule has 0 radical (unpaired) electrons. The van der Waals surface area contributed by atoms with Crippen LogP contribution in [-0.2, 0) is 4.79 Å². The third-order valence-corrected chi connectivity index (χ3v) is 5.81. The molecule has 3 nitrogen and oxygen atoms in total. The fourth-order valence-corrected chi connectivity index (χ4v) is 3.70. The van der Waals surface area contributed by atoms with Gasteiger partial charge in [-0.1, -0.05) is 34.6 Å². The van der Waals surface area contributed by atoms with Crippen LogP contribution in [0.1, 0.15) is 48.0 Å². The largest absolute Gasteiger partial charge is 0.351 e. The van der Waals surface area contributed by atoms with Crippen molar-refractivity contribution in [2.45, 2.75) is 60.0 Å². The lowest BCUT2D eigenvalue weighted by Crippen LogP contribution is -2.56.